The van der Waals surface area contributed by atoms with Crippen molar-refractivity contribution < 1.29 is 9.59 Å². The maximum atomic E-state index is 12.9. The lowest BCUT2D eigenvalue weighted by Gasteiger charge is -2.33. The molecule has 0 radical (unpaired) electrons. The van der Waals surface area contributed by atoms with Gasteiger partial charge in [-0.25, -0.2) is 0 Å². The Hall–Kier alpha value is -1.88. The van der Waals surface area contributed by atoms with Crippen molar-refractivity contribution in [3.05, 3.63) is 29.8 Å². The van der Waals surface area contributed by atoms with Crippen LogP contribution in [0, 0.1) is 11.8 Å². The molecule has 2 heterocycles. The van der Waals surface area contributed by atoms with Crippen molar-refractivity contribution in [3.63, 3.8) is 0 Å². The van der Waals surface area contributed by atoms with E-state index in [-0.39, 0.29) is 17.7 Å². The second-order valence-electron chi connectivity index (χ2n) is 8.41. The van der Waals surface area contributed by atoms with Gasteiger partial charge in [-0.2, -0.15) is 0 Å². The van der Waals surface area contributed by atoms with Crippen LogP contribution in [0.25, 0.3) is 0 Å². The van der Waals surface area contributed by atoms with Crippen molar-refractivity contribution in [2.75, 3.05) is 31.5 Å². The highest BCUT2D eigenvalue weighted by Gasteiger charge is 2.30. The van der Waals surface area contributed by atoms with E-state index in [0.29, 0.717) is 25.3 Å². The monoisotopic (exact) mass is 371 g/mol. The Bertz CT molecular complexity index is 653. The van der Waals surface area contributed by atoms with Gasteiger partial charge in [0.25, 0.3) is 0 Å². The van der Waals surface area contributed by atoms with Crippen LogP contribution in [0.15, 0.2) is 24.3 Å². The van der Waals surface area contributed by atoms with Gasteiger partial charge in [0, 0.05) is 31.7 Å². The van der Waals surface area contributed by atoms with Crippen LogP contribution in [0.2, 0.25) is 0 Å². The molecule has 1 aromatic rings. The van der Waals surface area contributed by atoms with Crippen LogP contribution in [0.5, 0.6) is 0 Å². The molecule has 2 aliphatic rings. The molecule has 2 aliphatic heterocycles. The molecular formula is C22H33N3O2. The van der Waals surface area contributed by atoms with Gasteiger partial charge in [-0.1, -0.05) is 38.5 Å². The molecule has 0 saturated carbocycles. The maximum Gasteiger partial charge on any atom is 0.229 e. The molecule has 0 aromatic heterocycles. The predicted octanol–water partition coefficient (Wildman–Crippen LogP) is 3.51. The average molecular weight is 372 g/mol. The molecule has 5 heteroatoms. The molecule has 0 spiro atoms. The summed E-state index contributed by atoms with van der Waals surface area (Å²) in [6.45, 7) is 8.64. The molecule has 1 atom stereocenters. The lowest BCUT2D eigenvalue weighted by atomic mass is 9.95. The summed E-state index contributed by atoms with van der Waals surface area (Å²) in [6.07, 6.45) is 4.96. The first kappa shape index (κ1) is 19.9. The van der Waals surface area contributed by atoms with Gasteiger partial charge >= 0.3 is 0 Å². The quantitative estimate of drug-likeness (QED) is 0.833. The van der Waals surface area contributed by atoms with E-state index in [9.17, 15) is 9.59 Å². The molecule has 1 aromatic carbocycles. The Morgan fingerprint density at radius 1 is 1.19 bits per heavy atom. The van der Waals surface area contributed by atoms with Gasteiger partial charge < -0.3 is 10.2 Å². The Morgan fingerprint density at radius 2 is 1.93 bits per heavy atom. The number of likely N-dealkylation sites (tertiary alicyclic amines) is 2. The first-order valence-electron chi connectivity index (χ1n) is 10.4. The number of anilines is 1. The summed E-state index contributed by atoms with van der Waals surface area (Å²) in [7, 11) is 0. The van der Waals surface area contributed by atoms with E-state index in [1.165, 1.54) is 24.8 Å². The van der Waals surface area contributed by atoms with Crippen LogP contribution in [0.1, 0.15) is 51.5 Å². The minimum atomic E-state index is -0.121. The van der Waals surface area contributed by atoms with Gasteiger partial charge in [-0.15, -0.1) is 0 Å². The van der Waals surface area contributed by atoms with Crippen LogP contribution in [0.3, 0.4) is 0 Å². The highest BCUT2D eigenvalue weighted by Crippen LogP contribution is 2.24. The largest absolute Gasteiger partial charge is 0.342 e. The van der Waals surface area contributed by atoms with E-state index in [4.69, 9.17) is 0 Å². The van der Waals surface area contributed by atoms with Crippen molar-refractivity contribution in [3.8, 4) is 0 Å². The Morgan fingerprint density at radius 3 is 2.67 bits per heavy atom. The topological polar surface area (TPSA) is 52.7 Å². The summed E-state index contributed by atoms with van der Waals surface area (Å²) >= 11 is 0. The molecule has 5 nitrogen and oxygen atoms in total. The van der Waals surface area contributed by atoms with Crippen molar-refractivity contribution in [2.45, 2.75) is 52.5 Å². The summed E-state index contributed by atoms with van der Waals surface area (Å²) in [5.41, 5.74) is 2.10. The lowest BCUT2D eigenvalue weighted by molar-refractivity contribution is -0.137. The van der Waals surface area contributed by atoms with Gasteiger partial charge in [-0.3, -0.25) is 14.5 Å². The number of hydrogen-bond donors (Lipinski definition) is 1. The highest BCUT2D eigenvalue weighted by atomic mass is 16.2. The molecule has 0 aliphatic carbocycles. The number of benzene rings is 1. The average Bonchev–Trinajstić information content (AvgIpc) is 2.65. The van der Waals surface area contributed by atoms with Crippen LogP contribution < -0.4 is 5.32 Å². The number of hydrogen-bond acceptors (Lipinski definition) is 3. The summed E-state index contributed by atoms with van der Waals surface area (Å²) < 4.78 is 0. The number of nitrogens with one attached hydrogen (secondary N) is 1. The normalized spacial score (nSPS) is 21.5. The van der Waals surface area contributed by atoms with Crippen LogP contribution in [-0.4, -0.2) is 47.8 Å². The number of para-hydroxylation sites is 1. The number of amides is 2. The van der Waals surface area contributed by atoms with E-state index in [2.05, 4.69) is 30.1 Å². The zero-order valence-electron chi connectivity index (χ0n) is 16.7. The van der Waals surface area contributed by atoms with Gasteiger partial charge in [0.15, 0.2) is 0 Å². The molecule has 1 unspecified atom stereocenters. The first-order valence-corrected chi connectivity index (χ1v) is 10.4. The fourth-order valence-corrected chi connectivity index (χ4v) is 4.12. The zero-order chi connectivity index (χ0) is 19.2. The van der Waals surface area contributed by atoms with Gasteiger partial charge in [0.05, 0.1) is 5.92 Å². The minimum Gasteiger partial charge on any atom is -0.342 e. The first-order chi connectivity index (χ1) is 13.0. The smallest absolute Gasteiger partial charge is 0.229 e. The Balaban J connectivity index is 1.62. The number of carbonyl (C=O) groups excluding carboxylic acids is 2. The third-order valence-corrected chi connectivity index (χ3v) is 5.57. The summed E-state index contributed by atoms with van der Waals surface area (Å²) in [5.74, 6) is 0.520. The van der Waals surface area contributed by atoms with E-state index >= 15 is 0 Å². The molecule has 2 saturated heterocycles. The maximum absolute atomic E-state index is 12.9. The van der Waals surface area contributed by atoms with E-state index in [1.807, 2.05) is 23.1 Å². The molecular weight excluding hydrogens is 338 g/mol. The fraction of sp³-hybridized carbons (Fsp3) is 0.636. The van der Waals surface area contributed by atoms with Gasteiger partial charge in [-0.05, 0) is 49.9 Å². The number of piperidine rings is 2. The van der Waals surface area contributed by atoms with Crippen molar-refractivity contribution in [2.24, 2.45) is 11.8 Å². The number of rotatable bonds is 6. The summed E-state index contributed by atoms with van der Waals surface area (Å²) in [6, 6.07) is 8.13. The van der Waals surface area contributed by atoms with Gasteiger partial charge in [0.2, 0.25) is 11.8 Å². The fourth-order valence-electron chi connectivity index (χ4n) is 4.12. The van der Waals surface area contributed by atoms with E-state index in [1.54, 1.807) is 0 Å². The Kier molecular flexibility index (Phi) is 6.89. The summed E-state index contributed by atoms with van der Waals surface area (Å²) in [4.78, 5) is 29.3. The standard InChI is InChI=1S/C22H33N3O2/c1-17(2)14-25-16-19(10-11-21(25)26)22(27)23-20-9-5-4-8-18(20)15-24-12-6-3-7-13-24/h4-5,8-9,17,19H,3,6-7,10-16H2,1-2H3,(H,23,27). The number of carbonyl (C=O) groups is 2. The SMILES string of the molecule is CC(C)CN1CC(C(=O)Nc2ccccc2CN2CCCCC2)CCC1=O. The number of nitrogens with zero attached hydrogens (tertiary/aromatic N) is 2. The second-order valence-corrected chi connectivity index (χ2v) is 8.41. The molecule has 27 heavy (non-hydrogen) atoms. The van der Waals surface area contributed by atoms with Crippen LogP contribution in [0.4, 0.5) is 5.69 Å². The molecule has 2 amide bonds. The second kappa shape index (κ2) is 9.36. The highest BCUT2D eigenvalue weighted by molar-refractivity contribution is 5.94. The van der Waals surface area contributed by atoms with Crippen molar-refractivity contribution >= 4 is 17.5 Å². The molecule has 2 fully saturated rings. The summed E-state index contributed by atoms with van der Waals surface area (Å²) in [5, 5.41) is 3.15. The van der Waals surface area contributed by atoms with Gasteiger partial charge in [0.1, 0.15) is 0 Å². The molecule has 148 valence electrons. The minimum absolute atomic E-state index is 0.0438. The predicted molar refractivity (Wildman–Crippen MR) is 108 cm³/mol. The van der Waals surface area contributed by atoms with Crippen LogP contribution >= 0.6 is 0 Å². The van der Waals surface area contributed by atoms with Crippen molar-refractivity contribution in [1.82, 2.24) is 9.80 Å². The molecule has 3 rings (SSSR count). The van der Waals surface area contributed by atoms with E-state index in [0.717, 1.165) is 31.9 Å². The Labute approximate surface area is 163 Å². The third-order valence-electron chi connectivity index (χ3n) is 5.57. The van der Waals surface area contributed by atoms with E-state index < -0.39 is 0 Å². The van der Waals surface area contributed by atoms with Crippen molar-refractivity contribution in [1.29, 1.82) is 0 Å². The molecule has 1 N–H and O–H groups in total. The molecule has 0 bridgehead atoms. The van der Waals surface area contributed by atoms with Crippen LogP contribution in [-0.2, 0) is 16.1 Å². The zero-order valence-corrected chi connectivity index (χ0v) is 16.7. The lowest BCUT2D eigenvalue weighted by Crippen LogP contribution is -2.45. The third kappa shape index (κ3) is 5.55.